The fourth-order valence-corrected chi connectivity index (χ4v) is 2.92. The molecule has 8 heteroatoms. The van der Waals surface area contributed by atoms with Gasteiger partial charge in [-0.25, -0.2) is 8.42 Å². The maximum atomic E-state index is 12.1. The number of benzene rings is 2. The molecule has 0 spiro atoms. The number of ether oxygens (including phenoxy) is 2. The summed E-state index contributed by atoms with van der Waals surface area (Å²) in [5.41, 5.74) is 1.95. The van der Waals surface area contributed by atoms with E-state index in [4.69, 9.17) is 9.47 Å². The first-order chi connectivity index (χ1) is 12.7. The zero-order valence-corrected chi connectivity index (χ0v) is 16.6. The average Bonchev–Trinajstić information content (AvgIpc) is 2.60. The summed E-state index contributed by atoms with van der Waals surface area (Å²) in [5, 5.41) is 2.69. The quantitative estimate of drug-likeness (QED) is 0.719. The molecule has 0 atom stereocenters. The number of hydrogen-bond donors (Lipinski definition) is 2. The van der Waals surface area contributed by atoms with Crippen molar-refractivity contribution in [1.82, 2.24) is 0 Å². The molecule has 0 aromatic heterocycles. The highest BCUT2D eigenvalue weighted by Crippen LogP contribution is 2.28. The van der Waals surface area contributed by atoms with Crippen LogP contribution in [0.15, 0.2) is 42.5 Å². The number of sulfonamides is 1. The van der Waals surface area contributed by atoms with Crippen molar-refractivity contribution < 1.29 is 22.7 Å². The van der Waals surface area contributed by atoms with Crippen LogP contribution in [0.5, 0.6) is 11.5 Å². The van der Waals surface area contributed by atoms with Gasteiger partial charge >= 0.3 is 0 Å². The lowest BCUT2D eigenvalue weighted by molar-refractivity contribution is -0.118. The van der Waals surface area contributed by atoms with E-state index in [9.17, 15) is 13.2 Å². The molecule has 2 aromatic rings. The summed E-state index contributed by atoms with van der Waals surface area (Å²) < 4.78 is 35.7. The van der Waals surface area contributed by atoms with Gasteiger partial charge in [-0.2, -0.15) is 0 Å². The molecule has 0 aliphatic heterocycles. The van der Waals surface area contributed by atoms with Crippen molar-refractivity contribution in [2.75, 3.05) is 30.0 Å². The van der Waals surface area contributed by atoms with Gasteiger partial charge in [0.05, 0.1) is 19.1 Å². The Balaban J connectivity index is 1.96. The second kappa shape index (κ2) is 8.77. The third kappa shape index (κ3) is 6.49. The molecule has 2 aromatic carbocycles. The smallest absolute Gasteiger partial charge is 0.262 e. The standard InChI is InChI=1S/C19H24N2O5S/c1-13(2)14-5-8-16(9-6-14)26-12-19(22)20-15-7-10-17(18(11-15)25-3)21-27(4,23)24/h5-11,13,21H,12H2,1-4H3,(H,20,22). The number of methoxy groups -OCH3 is 1. The predicted molar refractivity (Wildman–Crippen MR) is 106 cm³/mol. The summed E-state index contributed by atoms with van der Waals surface area (Å²) in [7, 11) is -2.02. The lowest BCUT2D eigenvalue weighted by Gasteiger charge is -2.13. The molecular weight excluding hydrogens is 368 g/mol. The number of carbonyl (C=O) groups excluding carboxylic acids is 1. The van der Waals surface area contributed by atoms with Gasteiger partial charge in [0.25, 0.3) is 5.91 Å². The van der Waals surface area contributed by atoms with Crippen LogP contribution in [0, 0.1) is 0 Å². The molecule has 1 amide bonds. The Morgan fingerprint density at radius 3 is 2.33 bits per heavy atom. The third-order valence-corrected chi connectivity index (χ3v) is 4.29. The van der Waals surface area contributed by atoms with E-state index in [2.05, 4.69) is 23.9 Å². The zero-order valence-electron chi connectivity index (χ0n) is 15.8. The van der Waals surface area contributed by atoms with E-state index >= 15 is 0 Å². The van der Waals surface area contributed by atoms with Crippen LogP contribution in [0.1, 0.15) is 25.3 Å². The average molecular weight is 392 g/mol. The molecule has 0 heterocycles. The van der Waals surface area contributed by atoms with Gasteiger partial charge in [-0.15, -0.1) is 0 Å². The molecule has 0 radical (unpaired) electrons. The molecule has 0 unspecified atom stereocenters. The van der Waals surface area contributed by atoms with E-state index in [0.717, 1.165) is 6.26 Å². The van der Waals surface area contributed by atoms with Crippen molar-refractivity contribution in [2.24, 2.45) is 0 Å². The van der Waals surface area contributed by atoms with Crippen molar-refractivity contribution in [2.45, 2.75) is 19.8 Å². The topological polar surface area (TPSA) is 93.7 Å². The Morgan fingerprint density at radius 2 is 1.78 bits per heavy atom. The first-order valence-electron chi connectivity index (χ1n) is 8.36. The van der Waals surface area contributed by atoms with Crippen molar-refractivity contribution >= 4 is 27.3 Å². The molecule has 0 bridgehead atoms. The third-order valence-electron chi connectivity index (χ3n) is 3.70. The number of nitrogens with one attached hydrogen (secondary N) is 2. The number of carbonyl (C=O) groups is 1. The number of rotatable bonds is 8. The summed E-state index contributed by atoms with van der Waals surface area (Å²) in [6.07, 6.45) is 1.05. The number of anilines is 2. The fourth-order valence-electron chi connectivity index (χ4n) is 2.35. The maximum Gasteiger partial charge on any atom is 0.262 e. The SMILES string of the molecule is COc1cc(NC(=O)COc2ccc(C(C)C)cc2)ccc1NS(C)(=O)=O. The van der Waals surface area contributed by atoms with Crippen LogP contribution in [-0.4, -0.2) is 34.3 Å². The van der Waals surface area contributed by atoms with Gasteiger partial charge in [0.15, 0.2) is 6.61 Å². The lowest BCUT2D eigenvalue weighted by Crippen LogP contribution is -2.20. The molecule has 27 heavy (non-hydrogen) atoms. The van der Waals surface area contributed by atoms with Crippen molar-refractivity contribution in [3.05, 3.63) is 48.0 Å². The second-order valence-corrected chi connectivity index (χ2v) is 8.10. The van der Waals surface area contributed by atoms with E-state index in [1.54, 1.807) is 6.07 Å². The van der Waals surface area contributed by atoms with Crippen LogP contribution in [0.2, 0.25) is 0 Å². The van der Waals surface area contributed by atoms with E-state index in [1.807, 2.05) is 24.3 Å². The Hall–Kier alpha value is -2.74. The van der Waals surface area contributed by atoms with Crippen LogP contribution in [0.4, 0.5) is 11.4 Å². The highest BCUT2D eigenvalue weighted by Gasteiger charge is 2.11. The van der Waals surface area contributed by atoms with Gasteiger partial charge in [0.1, 0.15) is 11.5 Å². The fraction of sp³-hybridized carbons (Fsp3) is 0.316. The van der Waals surface area contributed by atoms with Crippen molar-refractivity contribution in [3.63, 3.8) is 0 Å². The Kier molecular flexibility index (Phi) is 6.68. The summed E-state index contributed by atoms with van der Waals surface area (Å²) in [6.45, 7) is 4.06. The normalized spacial score (nSPS) is 11.1. The minimum Gasteiger partial charge on any atom is -0.494 e. The number of hydrogen-bond acceptors (Lipinski definition) is 5. The molecule has 0 saturated carbocycles. The maximum absolute atomic E-state index is 12.1. The summed E-state index contributed by atoms with van der Waals surface area (Å²) in [5.74, 6) is 0.995. The lowest BCUT2D eigenvalue weighted by atomic mass is 10.0. The molecule has 0 aliphatic carbocycles. The van der Waals surface area contributed by atoms with E-state index < -0.39 is 10.0 Å². The summed E-state index contributed by atoms with van der Waals surface area (Å²) >= 11 is 0. The van der Waals surface area contributed by atoms with Crippen molar-refractivity contribution in [3.8, 4) is 11.5 Å². The predicted octanol–water partition coefficient (Wildman–Crippen LogP) is 3.21. The van der Waals surface area contributed by atoms with Gasteiger partial charge < -0.3 is 14.8 Å². The zero-order chi connectivity index (χ0) is 20.0. The Morgan fingerprint density at radius 1 is 1.11 bits per heavy atom. The van der Waals surface area contributed by atoms with Gasteiger partial charge in [-0.1, -0.05) is 26.0 Å². The van der Waals surface area contributed by atoms with Gasteiger partial charge in [-0.05, 0) is 35.7 Å². The second-order valence-electron chi connectivity index (χ2n) is 6.35. The minimum absolute atomic E-state index is 0.146. The van der Waals surface area contributed by atoms with Gasteiger partial charge in [0, 0.05) is 11.8 Å². The molecule has 146 valence electrons. The molecule has 0 saturated heterocycles. The van der Waals surface area contributed by atoms with Gasteiger partial charge in [-0.3, -0.25) is 9.52 Å². The van der Waals surface area contributed by atoms with Crippen LogP contribution < -0.4 is 19.5 Å². The minimum atomic E-state index is -3.43. The van der Waals surface area contributed by atoms with Crippen molar-refractivity contribution in [1.29, 1.82) is 0 Å². The molecule has 2 N–H and O–H groups in total. The van der Waals surface area contributed by atoms with E-state index in [-0.39, 0.29) is 12.5 Å². The Bertz CT molecular complexity index is 893. The van der Waals surface area contributed by atoms with Crippen LogP contribution in [-0.2, 0) is 14.8 Å². The van der Waals surface area contributed by atoms with Crippen LogP contribution in [0.25, 0.3) is 0 Å². The monoisotopic (exact) mass is 392 g/mol. The van der Waals surface area contributed by atoms with E-state index in [1.165, 1.54) is 24.8 Å². The van der Waals surface area contributed by atoms with E-state index in [0.29, 0.717) is 28.8 Å². The highest BCUT2D eigenvalue weighted by atomic mass is 32.2. The van der Waals surface area contributed by atoms with Gasteiger partial charge in [0.2, 0.25) is 10.0 Å². The molecule has 7 nitrogen and oxygen atoms in total. The summed E-state index contributed by atoms with van der Waals surface area (Å²) in [6, 6.07) is 12.2. The van der Waals surface area contributed by atoms with Crippen LogP contribution >= 0.6 is 0 Å². The molecule has 2 rings (SSSR count). The number of amides is 1. The largest absolute Gasteiger partial charge is 0.494 e. The summed E-state index contributed by atoms with van der Waals surface area (Å²) in [4.78, 5) is 12.1. The van der Waals surface area contributed by atoms with Crippen LogP contribution in [0.3, 0.4) is 0 Å². The molecule has 0 fully saturated rings. The Labute approximate surface area is 159 Å². The molecule has 0 aliphatic rings. The molecular formula is C19H24N2O5S. The first kappa shape index (κ1) is 20.6. The first-order valence-corrected chi connectivity index (χ1v) is 10.3. The highest BCUT2D eigenvalue weighted by molar-refractivity contribution is 7.92.